The largest absolute Gasteiger partial charge is 0.481 e. The summed E-state index contributed by atoms with van der Waals surface area (Å²) in [6.07, 6.45) is 0. The molecule has 0 aliphatic carbocycles. The topological polar surface area (TPSA) is 49.8 Å². The Morgan fingerprint density at radius 2 is 1.94 bits per heavy atom. The van der Waals surface area contributed by atoms with Gasteiger partial charge in [-0.2, -0.15) is 0 Å². The number of morpholine rings is 1. The van der Waals surface area contributed by atoms with Gasteiger partial charge in [0.05, 0.1) is 19.1 Å². The van der Waals surface area contributed by atoms with Crippen molar-refractivity contribution < 1.29 is 14.6 Å². The Balaban J connectivity index is 2.07. The van der Waals surface area contributed by atoms with Crippen molar-refractivity contribution in [3.05, 3.63) is 34.9 Å². The third-order valence-corrected chi connectivity index (χ3v) is 3.37. The van der Waals surface area contributed by atoms with E-state index < -0.39 is 11.9 Å². The van der Waals surface area contributed by atoms with Crippen molar-refractivity contribution in [1.82, 2.24) is 4.90 Å². The Bertz CT molecular complexity index is 401. The van der Waals surface area contributed by atoms with Crippen LogP contribution in [0.5, 0.6) is 0 Å². The van der Waals surface area contributed by atoms with Crippen molar-refractivity contribution in [2.45, 2.75) is 5.92 Å². The first-order valence-electron chi connectivity index (χ1n) is 5.95. The Morgan fingerprint density at radius 1 is 1.33 bits per heavy atom. The van der Waals surface area contributed by atoms with Gasteiger partial charge in [-0.15, -0.1) is 0 Å². The number of carboxylic acids is 1. The highest BCUT2D eigenvalue weighted by atomic mass is 35.5. The molecule has 18 heavy (non-hydrogen) atoms. The SMILES string of the molecule is O=C(O)C(CN1CCOCC1)c1ccc(Cl)cc1. The minimum absolute atomic E-state index is 0.514. The summed E-state index contributed by atoms with van der Waals surface area (Å²) in [4.78, 5) is 13.5. The molecule has 1 aliphatic heterocycles. The summed E-state index contributed by atoms with van der Waals surface area (Å²) in [6.45, 7) is 3.44. The molecule has 0 radical (unpaired) electrons. The van der Waals surface area contributed by atoms with Crippen molar-refractivity contribution in [2.24, 2.45) is 0 Å². The van der Waals surface area contributed by atoms with E-state index in [9.17, 15) is 9.90 Å². The van der Waals surface area contributed by atoms with Crippen LogP contribution in [0.3, 0.4) is 0 Å². The van der Waals surface area contributed by atoms with Gasteiger partial charge in [-0.25, -0.2) is 0 Å². The first kappa shape index (κ1) is 13.3. The van der Waals surface area contributed by atoms with E-state index in [0.29, 0.717) is 24.8 Å². The zero-order valence-electron chi connectivity index (χ0n) is 10.0. The maximum absolute atomic E-state index is 11.4. The normalized spacial score (nSPS) is 18.5. The van der Waals surface area contributed by atoms with E-state index in [-0.39, 0.29) is 0 Å². The zero-order chi connectivity index (χ0) is 13.0. The second kappa shape index (κ2) is 6.18. The number of benzene rings is 1. The van der Waals surface area contributed by atoms with Crippen molar-refractivity contribution >= 4 is 17.6 Å². The second-order valence-corrected chi connectivity index (χ2v) is 4.79. The summed E-state index contributed by atoms with van der Waals surface area (Å²) in [6, 6.07) is 7.02. The van der Waals surface area contributed by atoms with Crippen molar-refractivity contribution in [3.8, 4) is 0 Å². The average Bonchev–Trinajstić information content (AvgIpc) is 2.38. The average molecular weight is 270 g/mol. The summed E-state index contributed by atoms with van der Waals surface area (Å²) >= 11 is 5.81. The van der Waals surface area contributed by atoms with Crippen LogP contribution < -0.4 is 0 Å². The minimum Gasteiger partial charge on any atom is -0.481 e. The fourth-order valence-corrected chi connectivity index (χ4v) is 2.19. The quantitative estimate of drug-likeness (QED) is 0.906. The van der Waals surface area contributed by atoms with Gasteiger partial charge in [0, 0.05) is 24.7 Å². The van der Waals surface area contributed by atoms with Crippen LogP contribution in [0.4, 0.5) is 0 Å². The molecule has 1 aromatic rings. The molecule has 1 unspecified atom stereocenters. The molecule has 1 N–H and O–H groups in total. The standard InChI is InChI=1S/C13H16ClNO3/c14-11-3-1-10(2-4-11)12(13(16)17)9-15-5-7-18-8-6-15/h1-4,12H,5-9H2,(H,16,17). The molecule has 0 bridgehead atoms. The number of rotatable bonds is 4. The van der Waals surface area contributed by atoms with E-state index in [0.717, 1.165) is 18.7 Å². The highest BCUT2D eigenvalue weighted by Gasteiger charge is 2.24. The number of ether oxygens (including phenoxy) is 1. The molecule has 5 heteroatoms. The van der Waals surface area contributed by atoms with Gasteiger partial charge in [0.1, 0.15) is 0 Å². The molecule has 1 aliphatic rings. The molecule has 1 fully saturated rings. The monoisotopic (exact) mass is 269 g/mol. The third-order valence-electron chi connectivity index (χ3n) is 3.11. The van der Waals surface area contributed by atoms with E-state index in [1.807, 2.05) is 0 Å². The predicted molar refractivity (Wildman–Crippen MR) is 69.1 cm³/mol. The highest BCUT2D eigenvalue weighted by molar-refractivity contribution is 6.30. The summed E-state index contributed by atoms with van der Waals surface area (Å²) < 4.78 is 5.26. The highest BCUT2D eigenvalue weighted by Crippen LogP contribution is 2.20. The van der Waals surface area contributed by atoms with Gasteiger partial charge in [0.15, 0.2) is 0 Å². The van der Waals surface area contributed by atoms with E-state index in [1.54, 1.807) is 24.3 Å². The molecule has 1 heterocycles. The number of hydrogen-bond acceptors (Lipinski definition) is 3. The maximum Gasteiger partial charge on any atom is 0.312 e. The zero-order valence-corrected chi connectivity index (χ0v) is 10.8. The molecule has 4 nitrogen and oxygen atoms in total. The lowest BCUT2D eigenvalue weighted by atomic mass is 9.98. The lowest BCUT2D eigenvalue weighted by molar-refractivity contribution is -0.139. The first-order chi connectivity index (χ1) is 8.66. The molecule has 1 atom stereocenters. The van der Waals surface area contributed by atoms with Crippen molar-refractivity contribution in [3.63, 3.8) is 0 Å². The minimum atomic E-state index is -0.802. The molecule has 1 saturated heterocycles. The van der Waals surface area contributed by atoms with Crippen LogP contribution in [0.2, 0.25) is 5.02 Å². The van der Waals surface area contributed by atoms with Gasteiger partial charge in [-0.3, -0.25) is 9.69 Å². The number of carbonyl (C=O) groups is 1. The maximum atomic E-state index is 11.4. The van der Waals surface area contributed by atoms with Crippen LogP contribution in [0, 0.1) is 0 Å². The summed E-state index contributed by atoms with van der Waals surface area (Å²) in [7, 11) is 0. The van der Waals surface area contributed by atoms with Gasteiger partial charge in [0.25, 0.3) is 0 Å². The van der Waals surface area contributed by atoms with Crippen LogP contribution in [0.1, 0.15) is 11.5 Å². The third kappa shape index (κ3) is 3.45. The Labute approximate surface area is 111 Å². The molecule has 2 rings (SSSR count). The summed E-state index contributed by atoms with van der Waals surface area (Å²) in [5.41, 5.74) is 0.790. The van der Waals surface area contributed by atoms with Crippen LogP contribution >= 0.6 is 11.6 Å². The number of carboxylic acid groups (broad SMARTS) is 1. The van der Waals surface area contributed by atoms with Gasteiger partial charge in [-0.1, -0.05) is 23.7 Å². The summed E-state index contributed by atoms with van der Waals surface area (Å²) in [5, 5.41) is 9.96. The van der Waals surface area contributed by atoms with E-state index in [4.69, 9.17) is 16.3 Å². The smallest absolute Gasteiger partial charge is 0.312 e. The molecular formula is C13H16ClNO3. The van der Waals surface area contributed by atoms with Crippen LogP contribution in [-0.4, -0.2) is 48.8 Å². The van der Waals surface area contributed by atoms with Crippen molar-refractivity contribution in [2.75, 3.05) is 32.8 Å². The lowest BCUT2D eigenvalue weighted by Gasteiger charge is -2.29. The molecule has 0 aromatic heterocycles. The summed E-state index contributed by atoms with van der Waals surface area (Å²) in [5.74, 6) is -1.32. The number of hydrogen-bond donors (Lipinski definition) is 1. The lowest BCUT2D eigenvalue weighted by Crippen LogP contribution is -2.40. The molecule has 0 saturated carbocycles. The number of aliphatic carboxylic acids is 1. The van der Waals surface area contributed by atoms with Crippen LogP contribution in [0.25, 0.3) is 0 Å². The number of nitrogens with zero attached hydrogens (tertiary/aromatic N) is 1. The van der Waals surface area contributed by atoms with Gasteiger partial charge >= 0.3 is 5.97 Å². The van der Waals surface area contributed by atoms with Crippen LogP contribution in [0.15, 0.2) is 24.3 Å². The Kier molecular flexibility index (Phi) is 4.58. The Hall–Kier alpha value is -1.10. The second-order valence-electron chi connectivity index (χ2n) is 4.36. The molecule has 0 spiro atoms. The van der Waals surface area contributed by atoms with Gasteiger partial charge in [-0.05, 0) is 17.7 Å². The fourth-order valence-electron chi connectivity index (χ4n) is 2.06. The Morgan fingerprint density at radius 3 is 2.50 bits per heavy atom. The van der Waals surface area contributed by atoms with E-state index >= 15 is 0 Å². The molecule has 0 amide bonds. The molecular weight excluding hydrogens is 254 g/mol. The van der Waals surface area contributed by atoms with E-state index in [1.165, 1.54) is 0 Å². The van der Waals surface area contributed by atoms with Gasteiger partial charge < -0.3 is 9.84 Å². The van der Waals surface area contributed by atoms with Crippen LogP contribution in [-0.2, 0) is 9.53 Å². The van der Waals surface area contributed by atoms with E-state index in [2.05, 4.69) is 4.90 Å². The predicted octanol–water partition coefficient (Wildman–Crippen LogP) is 1.84. The fraction of sp³-hybridized carbons (Fsp3) is 0.462. The number of halogens is 1. The molecule has 98 valence electrons. The van der Waals surface area contributed by atoms with Gasteiger partial charge in [0.2, 0.25) is 0 Å². The first-order valence-corrected chi connectivity index (χ1v) is 6.33. The van der Waals surface area contributed by atoms with Crippen molar-refractivity contribution in [1.29, 1.82) is 0 Å². The molecule has 1 aromatic carbocycles.